The van der Waals surface area contributed by atoms with Crippen molar-refractivity contribution < 1.29 is 14.7 Å². The first-order valence-electron chi connectivity index (χ1n) is 4.88. The Balaban J connectivity index is 2.74. The second kappa shape index (κ2) is 3.87. The van der Waals surface area contributed by atoms with Crippen molar-refractivity contribution in [1.82, 2.24) is 0 Å². The summed E-state index contributed by atoms with van der Waals surface area (Å²) in [5.74, 6) is -0.674. The van der Waals surface area contributed by atoms with E-state index in [2.05, 4.69) is 15.9 Å². The van der Waals surface area contributed by atoms with Gasteiger partial charge in [0.2, 0.25) is 5.78 Å². The van der Waals surface area contributed by atoms with Crippen LogP contribution in [0.15, 0.2) is 28.3 Å². The highest BCUT2D eigenvalue weighted by Crippen LogP contribution is 2.35. The van der Waals surface area contributed by atoms with Gasteiger partial charge in [-0.05, 0) is 28.4 Å². The first-order chi connectivity index (χ1) is 7.57. The molecule has 4 heteroatoms. The van der Waals surface area contributed by atoms with Gasteiger partial charge >= 0.3 is 0 Å². The number of hydrogen-bond donors (Lipinski definition) is 1. The summed E-state index contributed by atoms with van der Waals surface area (Å²) < 4.78 is 0.258. The van der Waals surface area contributed by atoms with Crippen LogP contribution in [-0.4, -0.2) is 16.7 Å². The minimum atomic E-state index is -0.329. The fourth-order valence-electron chi connectivity index (χ4n) is 1.79. The van der Waals surface area contributed by atoms with Crippen LogP contribution in [0.3, 0.4) is 0 Å². The van der Waals surface area contributed by atoms with Crippen LogP contribution in [-0.2, 0) is 0 Å². The van der Waals surface area contributed by atoms with Crippen molar-refractivity contribution in [1.29, 1.82) is 0 Å². The minimum Gasteiger partial charge on any atom is -0.507 e. The number of phenols is 1. The molecular formula is C12H9BrO3. The van der Waals surface area contributed by atoms with Gasteiger partial charge in [0.1, 0.15) is 5.75 Å². The number of hydrogen-bond acceptors (Lipinski definition) is 3. The van der Waals surface area contributed by atoms with Gasteiger partial charge < -0.3 is 5.11 Å². The molecule has 1 aromatic carbocycles. The summed E-state index contributed by atoms with van der Waals surface area (Å²) >= 11 is 3.12. The highest BCUT2D eigenvalue weighted by molar-refractivity contribution is 9.12. The zero-order chi connectivity index (χ0) is 11.9. The lowest BCUT2D eigenvalue weighted by molar-refractivity contribution is 0.0977. The molecule has 1 aromatic rings. The molecule has 0 atom stereocenters. The van der Waals surface area contributed by atoms with Gasteiger partial charge in [0, 0.05) is 11.1 Å². The Labute approximate surface area is 101 Å². The van der Waals surface area contributed by atoms with E-state index in [1.165, 1.54) is 6.07 Å². The fraction of sp³-hybridized carbons (Fsp3) is 0.167. The molecule has 1 aliphatic carbocycles. The first-order valence-corrected chi connectivity index (χ1v) is 5.67. The number of aromatic hydroxyl groups is 1. The molecule has 0 saturated heterocycles. The normalized spacial score (nSPS) is 15.4. The average molecular weight is 281 g/mol. The summed E-state index contributed by atoms with van der Waals surface area (Å²) in [4.78, 5) is 23.9. The molecule has 2 rings (SSSR count). The molecular weight excluding hydrogens is 272 g/mol. The third-order valence-electron chi connectivity index (χ3n) is 2.61. The third kappa shape index (κ3) is 1.41. The summed E-state index contributed by atoms with van der Waals surface area (Å²) in [6.07, 6.45) is 0.486. The first kappa shape index (κ1) is 11.1. The molecule has 1 N–H and O–H groups in total. The van der Waals surface area contributed by atoms with E-state index in [1.807, 2.05) is 6.92 Å². The van der Waals surface area contributed by atoms with E-state index in [4.69, 9.17) is 0 Å². The van der Waals surface area contributed by atoms with E-state index >= 15 is 0 Å². The molecule has 16 heavy (non-hydrogen) atoms. The van der Waals surface area contributed by atoms with Gasteiger partial charge in [-0.15, -0.1) is 0 Å². The predicted octanol–water partition coefficient (Wildman–Crippen LogP) is 2.83. The van der Waals surface area contributed by atoms with Crippen LogP contribution in [0.4, 0.5) is 0 Å². The van der Waals surface area contributed by atoms with Crippen LogP contribution in [0, 0.1) is 0 Å². The largest absolute Gasteiger partial charge is 0.507 e. The van der Waals surface area contributed by atoms with Gasteiger partial charge in [-0.25, -0.2) is 0 Å². The Morgan fingerprint density at radius 2 is 1.94 bits per heavy atom. The van der Waals surface area contributed by atoms with Crippen molar-refractivity contribution in [2.45, 2.75) is 13.3 Å². The van der Waals surface area contributed by atoms with Crippen molar-refractivity contribution in [2.24, 2.45) is 0 Å². The summed E-state index contributed by atoms with van der Waals surface area (Å²) in [5.41, 5.74) is 0.838. The van der Waals surface area contributed by atoms with Crippen LogP contribution in [0.2, 0.25) is 0 Å². The van der Waals surface area contributed by atoms with E-state index in [-0.39, 0.29) is 32.9 Å². The number of allylic oxidation sites excluding steroid dienone is 2. The molecule has 1 aliphatic rings. The summed E-state index contributed by atoms with van der Waals surface area (Å²) in [6, 6.07) is 4.53. The van der Waals surface area contributed by atoms with Crippen molar-refractivity contribution in [2.75, 3.05) is 0 Å². The van der Waals surface area contributed by atoms with Gasteiger partial charge in [-0.3, -0.25) is 9.59 Å². The molecule has 3 nitrogen and oxygen atoms in total. The molecule has 0 fully saturated rings. The summed E-state index contributed by atoms with van der Waals surface area (Å²) in [5, 5.41) is 9.60. The standard InChI is InChI=1S/C12H9BrO3/c1-2-6-10(13)12(16)9-7(11(6)15)4-3-5-8(9)14/h3-5,14H,2H2,1H3. The van der Waals surface area contributed by atoms with Crippen LogP contribution in [0.1, 0.15) is 34.1 Å². The fourth-order valence-corrected chi connectivity index (χ4v) is 2.45. The molecule has 0 saturated carbocycles. The van der Waals surface area contributed by atoms with Crippen LogP contribution < -0.4 is 0 Å². The van der Waals surface area contributed by atoms with Crippen molar-refractivity contribution in [3.63, 3.8) is 0 Å². The Morgan fingerprint density at radius 3 is 2.56 bits per heavy atom. The van der Waals surface area contributed by atoms with Gasteiger partial charge in [-0.2, -0.15) is 0 Å². The second-order valence-electron chi connectivity index (χ2n) is 3.50. The second-order valence-corrected chi connectivity index (χ2v) is 4.30. The molecule has 82 valence electrons. The van der Waals surface area contributed by atoms with E-state index < -0.39 is 0 Å². The molecule has 0 aromatic heterocycles. The molecule has 0 bridgehead atoms. The van der Waals surface area contributed by atoms with Gasteiger partial charge in [0.25, 0.3) is 0 Å². The molecule has 0 amide bonds. The van der Waals surface area contributed by atoms with E-state index in [0.29, 0.717) is 12.0 Å². The maximum atomic E-state index is 12.0. The van der Waals surface area contributed by atoms with Crippen molar-refractivity contribution in [3.05, 3.63) is 39.4 Å². The maximum absolute atomic E-state index is 12.0. The topological polar surface area (TPSA) is 54.4 Å². The Morgan fingerprint density at radius 1 is 1.25 bits per heavy atom. The highest BCUT2D eigenvalue weighted by atomic mass is 79.9. The van der Waals surface area contributed by atoms with E-state index in [9.17, 15) is 14.7 Å². The molecule has 0 heterocycles. The molecule has 0 aliphatic heterocycles. The number of carbonyl (C=O) groups excluding carboxylic acids is 2. The number of phenolic OH excluding ortho intramolecular Hbond substituents is 1. The van der Waals surface area contributed by atoms with Crippen LogP contribution >= 0.6 is 15.9 Å². The van der Waals surface area contributed by atoms with Crippen molar-refractivity contribution >= 4 is 27.5 Å². The molecule has 0 unspecified atom stereocenters. The SMILES string of the molecule is CCC1=C(Br)C(=O)c2c(O)cccc2C1=O. The lowest BCUT2D eigenvalue weighted by atomic mass is 9.88. The van der Waals surface area contributed by atoms with E-state index in [1.54, 1.807) is 12.1 Å². The number of rotatable bonds is 1. The van der Waals surface area contributed by atoms with Gasteiger partial charge in [0.05, 0.1) is 10.0 Å². The number of Topliss-reactive ketones (excluding diaryl/α,β-unsaturated/α-hetero) is 2. The number of carbonyl (C=O) groups is 2. The number of ketones is 2. The number of benzene rings is 1. The quantitative estimate of drug-likeness (QED) is 0.861. The zero-order valence-corrected chi connectivity index (χ0v) is 10.2. The van der Waals surface area contributed by atoms with Gasteiger partial charge in [-0.1, -0.05) is 19.1 Å². The predicted molar refractivity (Wildman–Crippen MR) is 63.0 cm³/mol. The van der Waals surface area contributed by atoms with Gasteiger partial charge in [0.15, 0.2) is 5.78 Å². The summed E-state index contributed by atoms with van der Waals surface area (Å²) in [7, 11) is 0. The Bertz CT molecular complexity index is 529. The number of halogens is 1. The lowest BCUT2D eigenvalue weighted by Gasteiger charge is -2.17. The Kier molecular flexibility index (Phi) is 2.68. The number of fused-ring (bicyclic) bond motifs is 1. The minimum absolute atomic E-state index is 0.0941. The maximum Gasteiger partial charge on any atom is 0.204 e. The smallest absolute Gasteiger partial charge is 0.204 e. The van der Waals surface area contributed by atoms with E-state index in [0.717, 1.165) is 0 Å². The summed E-state index contributed by atoms with van der Waals surface area (Å²) in [6.45, 7) is 1.82. The Hall–Kier alpha value is -1.42. The monoisotopic (exact) mass is 280 g/mol. The molecule has 0 radical (unpaired) electrons. The zero-order valence-electron chi connectivity index (χ0n) is 8.58. The third-order valence-corrected chi connectivity index (χ3v) is 3.44. The molecule has 0 spiro atoms. The average Bonchev–Trinajstić information content (AvgIpc) is 2.27. The highest BCUT2D eigenvalue weighted by Gasteiger charge is 2.31. The lowest BCUT2D eigenvalue weighted by Crippen LogP contribution is -2.19. The van der Waals surface area contributed by atoms with Crippen LogP contribution in [0.5, 0.6) is 5.75 Å². The van der Waals surface area contributed by atoms with Crippen molar-refractivity contribution in [3.8, 4) is 5.75 Å². The van der Waals surface area contributed by atoms with Crippen LogP contribution in [0.25, 0.3) is 0 Å².